The van der Waals surface area contributed by atoms with Crippen LogP contribution in [0.4, 0.5) is 0 Å². The lowest BCUT2D eigenvalue weighted by Crippen LogP contribution is -2.34. The summed E-state index contributed by atoms with van der Waals surface area (Å²) in [4.78, 5) is 23.8. The van der Waals surface area contributed by atoms with Crippen molar-refractivity contribution in [2.45, 2.75) is 44.9 Å². The molecule has 0 atom stereocenters. The molecule has 0 aromatic heterocycles. The fraction of sp³-hybridized carbons (Fsp3) is 0.556. The molecule has 1 aromatic rings. The number of hydrogen-bond donors (Lipinski definition) is 2. The lowest BCUT2D eigenvalue weighted by Gasteiger charge is -2.21. The molecule has 2 N–H and O–H groups in total. The quantitative estimate of drug-likeness (QED) is 0.706. The Bertz CT molecular complexity index is 572. The van der Waals surface area contributed by atoms with Crippen LogP contribution in [0.15, 0.2) is 18.2 Å². The van der Waals surface area contributed by atoms with E-state index in [1.165, 1.54) is 38.2 Å². The first-order valence-corrected chi connectivity index (χ1v) is 9.32. The van der Waals surface area contributed by atoms with Gasteiger partial charge in [0, 0.05) is 24.5 Å². The topological polar surface area (TPSA) is 58.2 Å². The summed E-state index contributed by atoms with van der Waals surface area (Å²) in [6.45, 7) is 0.785. The van der Waals surface area contributed by atoms with E-state index in [1.807, 2.05) is 0 Å². The molecule has 1 aliphatic carbocycles. The van der Waals surface area contributed by atoms with E-state index in [-0.39, 0.29) is 11.8 Å². The van der Waals surface area contributed by atoms with E-state index in [1.54, 1.807) is 12.1 Å². The standard InChI is InChI=1S/C18H24Cl2N2O2/c19-14-7-8-15(16(20)12-14)18(24)22-11-10-21-17(23)9-6-13-4-2-1-3-5-13/h7-8,12-13H,1-6,9-11H2,(H,21,23)(H,22,24). The number of amides is 2. The lowest BCUT2D eigenvalue weighted by molar-refractivity contribution is -0.121. The summed E-state index contributed by atoms with van der Waals surface area (Å²) in [7, 11) is 0. The van der Waals surface area contributed by atoms with E-state index in [0.29, 0.717) is 41.0 Å². The van der Waals surface area contributed by atoms with Crippen molar-refractivity contribution in [2.75, 3.05) is 13.1 Å². The molecule has 2 rings (SSSR count). The van der Waals surface area contributed by atoms with Gasteiger partial charge in [0.05, 0.1) is 10.6 Å². The van der Waals surface area contributed by atoms with Gasteiger partial charge in [-0.05, 0) is 30.5 Å². The van der Waals surface area contributed by atoms with Crippen LogP contribution < -0.4 is 10.6 Å². The van der Waals surface area contributed by atoms with Gasteiger partial charge in [-0.3, -0.25) is 9.59 Å². The molecule has 6 heteroatoms. The number of benzene rings is 1. The van der Waals surface area contributed by atoms with Crippen LogP contribution in [0.5, 0.6) is 0 Å². The summed E-state index contributed by atoms with van der Waals surface area (Å²) in [5, 5.41) is 6.39. The summed E-state index contributed by atoms with van der Waals surface area (Å²) < 4.78 is 0. The lowest BCUT2D eigenvalue weighted by atomic mass is 9.86. The Hall–Kier alpha value is -1.26. The molecule has 4 nitrogen and oxygen atoms in total. The molecule has 1 fully saturated rings. The van der Waals surface area contributed by atoms with Crippen LogP contribution in [0, 0.1) is 5.92 Å². The zero-order valence-corrected chi connectivity index (χ0v) is 15.3. The predicted octanol–water partition coefficient (Wildman–Crippen LogP) is 4.20. The smallest absolute Gasteiger partial charge is 0.252 e. The summed E-state index contributed by atoms with van der Waals surface area (Å²) in [6.07, 6.45) is 7.98. The fourth-order valence-electron chi connectivity index (χ4n) is 3.05. The van der Waals surface area contributed by atoms with E-state index in [9.17, 15) is 9.59 Å². The number of carbonyl (C=O) groups excluding carboxylic acids is 2. The summed E-state index contributed by atoms with van der Waals surface area (Å²) in [5.74, 6) is 0.490. The van der Waals surface area contributed by atoms with Gasteiger partial charge in [-0.15, -0.1) is 0 Å². The fourth-order valence-corrected chi connectivity index (χ4v) is 3.54. The Morgan fingerprint density at radius 2 is 1.75 bits per heavy atom. The molecular formula is C18H24Cl2N2O2. The van der Waals surface area contributed by atoms with E-state index < -0.39 is 0 Å². The van der Waals surface area contributed by atoms with E-state index in [2.05, 4.69) is 10.6 Å². The summed E-state index contributed by atoms with van der Waals surface area (Å²) >= 11 is 11.8. The van der Waals surface area contributed by atoms with Gasteiger partial charge in [0.25, 0.3) is 5.91 Å². The third kappa shape index (κ3) is 6.33. The minimum atomic E-state index is -0.270. The van der Waals surface area contributed by atoms with Crippen molar-refractivity contribution in [1.82, 2.24) is 10.6 Å². The zero-order chi connectivity index (χ0) is 17.4. The molecule has 1 aromatic carbocycles. The van der Waals surface area contributed by atoms with Crippen molar-refractivity contribution in [3.63, 3.8) is 0 Å². The molecule has 2 amide bonds. The SMILES string of the molecule is O=C(CCC1CCCCC1)NCCNC(=O)c1ccc(Cl)cc1Cl. The maximum atomic E-state index is 12.0. The first-order chi connectivity index (χ1) is 11.6. The van der Waals surface area contributed by atoms with Crippen molar-refractivity contribution in [1.29, 1.82) is 0 Å². The Morgan fingerprint density at radius 1 is 1.04 bits per heavy atom. The predicted molar refractivity (Wildman–Crippen MR) is 97.6 cm³/mol. The van der Waals surface area contributed by atoms with Crippen LogP contribution in [0.1, 0.15) is 55.3 Å². The molecular weight excluding hydrogens is 347 g/mol. The molecule has 1 aliphatic rings. The number of hydrogen-bond acceptors (Lipinski definition) is 2. The minimum absolute atomic E-state index is 0.0550. The van der Waals surface area contributed by atoms with Crippen LogP contribution in [0.2, 0.25) is 10.0 Å². The number of rotatable bonds is 7. The van der Waals surface area contributed by atoms with Gasteiger partial charge in [0.2, 0.25) is 5.91 Å². The molecule has 1 saturated carbocycles. The van der Waals surface area contributed by atoms with Crippen molar-refractivity contribution in [2.24, 2.45) is 5.92 Å². The third-order valence-corrected chi connectivity index (χ3v) is 4.96. The molecule has 0 unspecified atom stereocenters. The Labute approximate surface area is 153 Å². The second-order valence-corrected chi connectivity index (χ2v) is 7.12. The molecule has 0 aliphatic heterocycles. The van der Waals surface area contributed by atoms with Gasteiger partial charge in [-0.2, -0.15) is 0 Å². The highest BCUT2D eigenvalue weighted by Gasteiger charge is 2.15. The maximum Gasteiger partial charge on any atom is 0.252 e. The highest BCUT2D eigenvalue weighted by Crippen LogP contribution is 2.27. The van der Waals surface area contributed by atoms with Crippen LogP contribution in [0.25, 0.3) is 0 Å². The Balaban J connectivity index is 1.61. The molecule has 0 bridgehead atoms. The molecule has 24 heavy (non-hydrogen) atoms. The van der Waals surface area contributed by atoms with Crippen LogP contribution in [0.3, 0.4) is 0 Å². The molecule has 0 saturated heterocycles. The number of carbonyl (C=O) groups is 2. The van der Waals surface area contributed by atoms with Crippen molar-refractivity contribution >= 4 is 35.0 Å². The largest absolute Gasteiger partial charge is 0.354 e. The van der Waals surface area contributed by atoms with E-state index in [4.69, 9.17) is 23.2 Å². The van der Waals surface area contributed by atoms with Crippen molar-refractivity contribution in [3.05, 3.63) is 33.8 Å². The zero-order valence-electron chi connectivity index (χ0n) is 13.7. The van der Waals surface area contributed by atoms with Gasteiger partial charge in [0.15, 0.2) is 0 Å². The first kappa shape index (κ1) is 19.1. The van der Waals surface area contributed by atoms with Gasteiger partial charge < -0.3 is 10.6 Å². The molecule has 0 radical (unpaired) electrons. The highest BCUT2D eigenvalue weighted by molar-refractivity contribution is 6.36. The Morgan fingerprint density at radius 3 is 2.46 bits per heavy atom. The van der Waals surface area contributed by atoms with E-state index in [0.717, 1.165) is 6.42 Å². The number of halogens is 2. The summed E-state index contributed by atoms with van der Waals surface area (Å²) in [5.41, 5.74) is 0.379. The van der Waals surface area contributed by atoms with Crippen molar-refractivity contribution in [3.8, 4) is 0 Å². The van der Waals surface area contributed by atoms with Gasteiger partial charge in [-0.1, -0.05) is 55.3 Å². The van der Waals surface area contributed by atoms with Gasteiger partial charge in [-0.25, -0.2) is 0 Å². The second-order valence-electron chi connectivity index (χ2n) is 6.27. The van der Waals surface area contributed by atoms with Crippen LogP contribution >= 0.6 is 23.2 Å². The third-order valence-electron chi connectivity index (χ3n) is 4.41. The normalized spacial score (nSPS) is 15.1. The molecule has 132 valence electrons. The average Bonchev–Trinajstić information content (AvgIpc) is 2.57. The molecule has 0 heterocycles. The summed E-state index contributed by atoms with van der Waals surface area (Å²) in [6, 6.07) is 4.74. The van der Waals surface area contributed by atoms with Crippen LogP contribution in [-0.4, -0.2) is 24.9 Å². The maximum absolute atomic E-state index is 12.0. The van der Waals surface area contributed by atoms with Crippen LogP contribution in [-0.2, 0) is 4.79 Å². The minimum Gasteiger partial charge on any atom is -0.354 e. The van der Waals surface area contributed by atoms with Crippen molar-refractivity contribution < 1.29 is 9.59 Å². The molecule has 0 spiro atoms. The Kier molecular flexibility index (Phi) is 7.86. The number of nitrogens with one attached hydrogen (secondary N) is 2. The second kappa shape index (κ2) is 9.90. The highest BCUT2D eigenvalue weighted by atomic mass is 35.5. The van der Waals surface area contributed by atoms with E-state index >= 15 is 0 Å². The first-order valence-electron chi connectivity index (χ1n) is 8.56. The van der Waals surface area contributed by atoms with Gasteiger partial charge in [0.1, 0.15) is 0 Å². The van der Waals surface area contributed by atoms with Gasteiger partial charge >= 0.3 is 0 Å². The monoisotopic (exact) mass is 370 g/mol. The average molecular weight is 371 g/mol.